The summed E-state index contributed by atoms with van der Waals surface area (Å²) < 4.78 is 61.7. The highest BCUT2D eigenvalue weighted by Gasteiger charge is 2.62. The van der Waals surface area contributed by atoms with Gasteiger partial charge < -0.3 is 0 Å². The maximum atomic E-state index is 12.8. The second kappa shape index (κ2) is 4.18. The summed E-state index contributed by atoms with van der Waals surface area (Å²) in [6, 6.07) is 2.40. The molecule has 0 aromatic carbocycles. The van der Waals surface area contributed by atoms with Crippen LogP contribution in [0.1, 0.15) is 9.70 Å². The van der Waals surface area contributed by atoms with Gasteiger partial charge in [-0.3, -0.25) is 0 Å². The Morgan fingerprint density at radius 3 is 2.07 bits per heavy atom. The van der Waals surface area contributed by atoms with Gasteiger partial charge in [0.05, 0.1) is 4.34 Å². The van der Waals surface area contributed by atoms with Crippen molar-refractivity contribution < 1.29 is 22.0 Å². The molecule has 0 aliphatic rings. The molecule has 0 aliphatic carbocycles. The topological polar surface area (TPSA) is 0 Å². The first-order chi connectivity index (χ1) is 6.66. The van der Waals surface area contributed by atoms with Crippen molar-refractivity contribution in [2.45, 2.75) is 16.9 Å². The fourth-order valence-electron chi connectivity index (χ4n) is 0.787. The van der Waals surface area contributed by atoms with Gasteiger partial charge in [-0.05, 0) is 12.1 Å². The first-order valence-corrected chi connectivity index (χ1v) is 5.61. The van der Waals surface area contributed by atoms with Crippen molar-refractivity contribution in [3.05, 3.63) is 21.3 Å². The summed E-state index contributed by atoms with van der Waals surface area (Å²) in [4.78, 5) is -2.27. The molecule has 1 atom stereocenters. The summed E-state index contributed by atoms with van der Waals surface area (Å²) >= 11 is 8.46. The highest BCUT2D eigenvalue weighted by atomic mass is 79.9. The molecular weight excluding hydrogens is 326 g/mol. The van der Waals surface area contributed by atoms with E-state index >= 15 is 0 Å². The first kappa shape index (κ1) is 13.2. The number of rotatable bonds is 2. The minimum absolute atomic E-state index is 0.160. The molecule has 86 valence electrons. The third kappa shape index (κ3) is 2.62. The molecule has 0 aliphatic heterocycles. The van der Waals surface area contributed by atoms with Crippen molar-refractivity contribution in [2.75, 3.05) is 0 Å². The molecular formula is C7H3BrClF5S. The van der Waals surface area contributed by atoms with Gasteiger partial charge >= 0.3 is 12.1 Å². The lowest BCUT2D eigenvalue weighted by atomic mass is 10.2. The van der Waals surface area contributed by atoms with Gasteiger partial charge in [-0.15, -0.1) is 11.3 Å². The van der Waals surface area contributed by atoms with Gasteiger partial charge in [0, 0.05) is 4.88 Å². The SMILES string of the molecule is FC(F)(F)C(F)(F)C(Br)c1ccc(Cl)s1. The van der Waals surface area contributed by atoms with Crippen LogP contribution in [0.5, 0.6) is 0 Å². The standard InChI is InChI=1S/C7H3BrClF5S/c8-5(3-1-2-4(9)15-3)6(10,11)7(12,13)14/h1-2,5H. The Balaban J connectivity index is 2.99. The molecule has 0 saturated carbocycles. The van der Waals surface area contributed by atoms with E-state index in [9.17, 15) is 22.0 Å². The van der Waals surface area contributed by atoms with E-state index in [0.717, 1.165) is 6.07 Å². The second-order valence-corrected chi connectivity index (χ2v) is 5.29. The minimum Gasteiger partial charge on any atom is -0.195 e. The van der Waals surface area contributed by atoms with E-state index in [0.29, 0.717) is 11.3 Å². The van der Waals surface area contributed by atoms with Crippen LogP contribution in [0.15, 0.2) is 12.1 Å². The van der Waals surface area contributed by atoms with Gasteiger partial charge in [0.25, 0.3) is 0 Å². The van der Waals surface area contributed by atoms with E-state index in [4.69, 9.17) is 11.6 Å². The molecule has 0 saturated heterocycles. The van der Waals surface area contributed by atoms with Gasteiger partial charge in [0.1, 0.15) is 4.83 Å². The molecule has 1 heterocycles. The van der Waals surface area contributed by atoms with Gasteiger partial charge in [-0.2, -0.15) is 22.0 Å². The Hall–Kier alpha value is 0.120. The molecule has 0 nitrogen and oxygen atoms in total. The Morgan fingerprint density at radius 2 is 1.73 bits per heavy atom. The normalized spacial score (nSPS) is 15.4. The van der Waals surface area contributed by atoms with Gasteiger partial charge in [0.2, 0.25) is 0 Å². The van der Waals surface area contributed by atoms with E-state index in [-0.39, 0.29) is 9.21 Å². The second-order valence-electron chi connectivity index (χ2n) is 2.63. The summed E-state index contributed by atoms with van der Waals surface area (Å²) in [5.41, 5.74) is 0. The third-order valence-electron chi connectivity index (χ3n) is 1.54. The number of thiophene rings is 1. The van der Waals surface area contributed by atoms with Crippen LogP contribution in [0.3, 0.4) is 0 Å². The quantitative estimate of drug-likeness (QED) is 0.527. The molecule has 15 heavy (non-hydrogen) atoms. The van der Waals surface area contributed by atoms with Gasteiger partial charge in [-0.25, -0.2) is 0 Å². The molecule has 0 amide bonds. The van der Waals surface area contributed by atoms with Crippen molar-refractivity contribution in [1.82, 2.24) is 0 Å². The summed E-state index contributed by atoms with van der Waals surface area (Å²) in [5.74, 6) is -4.82. The first-order valence-electron chi connectivity index (χ1n) is 3.50. The molecule has 1 aromatic rings. The molecule has 0 spiro atoms. The van der Waals surface area contributed by atoms with Gasteiger partial charge in [0.15, 0.2) is 0 Å². The molecule has 0 radical (unpaired) electrons. The van der Waals surface area contributed by atoms with Gasteiger partial charge in [-0.1, -0.05) is 27.5 Å². The number of halogens is 7. The Morgan fingerprint density at radius 1 is 1.20 bits per heavy atom. The summed E-state index contributed by atoms with van der Waals surface area (Å²) in [5, 5.41) is 0. The maximum absolute atomic E-state index is 12.8. The lowest BCUT2D eigenvalue weighted by Gasteiger charge is -2.23. The number of alkyl halides is 6. The molecule has 0 bridgehead atoms. The fraction of sp³-hybridized carbons (Fsp3) is 0.429. The monoisotopic (exact) mass is 328 g/mol. The van der Waals surface area contributed by atoms with Crippen LogP contribution in [0.2, 0.25) is 4.34 Å². The lowest BCUT2D eigenvalue weighted by Crippen LogP contribution is -2.39. The molecule has 0 N–H and O–H groups in total. The molecule has 1 rings (SSSR count). The summed E-state index contributed by atoms with van der Waals surface area (Å²) in [6.45, 7) is 0. The lowest BCUT2D eigenvalue weighted by molar-refractivity contribution is -0.281. The van der Waals surface area contributed by atoms with Crippen molar-refractivity contribution in [3.63, 3.8) is 0 Å². The third-order valence-corrected chi connectivity index (χ3v) is 4.21. The Kier molecular flexibility index (Phi) is 3.67. The number of hydrogen-bond acceptors (Lipinski definition) is 1. The predicted molar refractivity (Wildman–Crippen MR) is 52.0 cm³/mol. The largest absolute Gasteiger partial charge is 0.454 e. The summed E-state index contributed by atoms with van der Waals surface area (Å²) in [6.07, 6.45) is -5.59. The van der Waals surface area contributed by atoms with Crippen molar-refractivity contribution >= 4 is 38.9 Å². The zero-order valence-electron chi connectivity index (χ0n) is 6.79. The van der Waals surface area contributed by atoms with Crippen LogP contribution in [0.4, 0.5) is 22.0 Å². The van der Waals surface area contributed by atoms with Crippen LogP contribution in [-0.2, 0) is 0 Å². The zero-order valence-corrected chi connectivity index (χ0v) is 9.94. The van der Waals surface area contributed by atoms with E-state index in [2.05, 4.69) is 15.9 Å². The van der Waals surface area contributed by atoms with Crippen molar-refractivity contribution in [1.29, 1.82) is 0 Å². The van der Waals surface area contributed by atoms with Crippen LogP contribution in [-0.4, -0.2) is 12.1 Å². The van der Waals surface area contributed by atoms with E-state index in [1.165, 1.54) is 6.07 Å². The zero-order chi connectivity index (χ0) is 11.9. The average Bonchev–Trinajstić information content (AvgIpc) is 2.48. The smallest absolute Gasteiger partial charge is 0.195 e. The summed E-state index contributed by atoms with van der Waals surface area (Å²) in [7, 11) is 0. The van der Waals surface area contributed by atoms with Crippen LogP contribution < -0.4 is 0 Å². The Bertz CT molecular complexity index is 347. The molecule has 8 heteroatoms. The fourth-order valence-corrected chi connectivity index (χ4v) is 2.56. The maximum Gasteiger partial charge on any atom is 0.454 e. The van der Waals surface area contributed by atoms with Crippen molar-refractivity contribution in [2.24, 2.45) is 0 Å². The molecule has 0 fully saturated rings. The van der Waals surface area contributed by atoms with E-state index < -0.39 is 16.9 Å². The van der Waals surface area contributed by atoms with Crippen molar-refractivity contribution in [3.8, 4) is 0 Å². The molecule has 1 unspecified atom stereocenters. The van der Waals surface area contributed by atoms with E-state index in [1.807, 2.05) is 0 Å². The van der Waals surface area contributed by atoms with Crippen LogP contribution in [0.25, 0.3) is 0 Å². The number of hydrogen-bond donors (Lipinski definition) is 0. The minimum atomic E-state index is -5.59. The Labute approximate surface area is 99.2 Å². The highest BCUT2D eigenvalue weighted by molar-refractivity contribution is 9.09. The average molecular weight is 330 g/mol. The highest BCUT2D eigenvalue weighted by Crippen LogP contribution is 2.50. The van der Waals surface area contributed by atoms with E-state index in [1.54, 1.807) is 0 Å². The predicted octanol–water partition coefficient (Wildman–Crippen LogP) is 5.04. The molecule has 1 aromatic heterocycles. The van der Waals surface area contributed by atoms with Crippen LogP contribution >= 0.6 is 38.9 Å². The van der Waals surface area contributed by atoms with Crippen LogP contribution in [0, 0.1) is 0 Å².